The molecule has 3 aromatic carbocycles. The van der Waals surface area contributed by atoms with E-state index in [4.69, 9.17) is 5.73 Å². The van der Waals surface area contributed by atoms with Crippen LogP contribution >= 0.6 is 0 Å². The van der Waals surface area contributed by atoms with Crippen molar-refractivity contribution < 1.29 is 0 Å². The molecule has 116 valence electrons. The van der Waals surface area contributed by atoms with Crippen molar-refractivity contribution in [2.75, 3.05) is 17.2 Å². The Morgan fingerprint density at radius 1 is 0.696 bits per heavy atom. The van der Waals surface area contributed by atoms with Crippen molar-refractivity contribution in [2.24, 2.45) is 0 Å². The molecular formula is C21H22N2. The number of hydrogen-bond donors (Lipinski definition) is 1. The van der Waals surface area contributed by atoms with E-state index in [-0.39, 0.29) is 0 Å². The Hall–Kier alpha value is -2.74. The molecular weight excluding hydrogens is 280 g/mol. The van der Waals surface area contributed by atoms with Crippen LogP contribution in [0.2, 0.25) is 0 Å². The highest BCUT2D eigenvalue weighted by molar-refractivity contribution is 5.52. The van der Waals surface area contributed by atoms with E-state index in [1.165, 1.54) is 16.8 Å². The summed E-state index contributed by atoms with van der Waals surface area (Å²) in [5.74, 6) is 0. The van der Waals surface area contributed by atoms with Crippen LogP contribution in [-0.2, 0) is 13.0 Å². The summed E-state index contributed by atoms with van der Waals surface area (Å²) in [7, 11) is 0. The Balaban J connectivity index is 1.78. The number of para-hydroxylation sites is 2. The van der Waals surface area contributed by atoms with Gasteiger partial charge in [-0.25, -0.2) is 0 Å². The maximum absolute atomic E-state index is 6.13. The standard InChI is InChI=1S/C21H22N2/c22-21-14-8-7-11-19(21)17-23(20-12-5-2-6-13-20)16-15-18-9-3-1-4-10-18/h1-14H,15-17,22H2. The average molecular weight is 302 g/mol. The van der Waals surface area contributed by atoms with E-state index in [0.29, 0.717) is 0 Å². The molecule has 0 unspecified atom stereocenters. The summed E-state index contributed by atoms with van der Waals surface area (Å²) in [6.45, 7) is 1.78. The zero-order valence-corrected chi connectivity index (χ0v) is 13.2. The smallest absolute Gasteiger partial charge is 0.0449 e. The molecule has 0 amide bonds. The third kappa shape index (κ3) is 4.13. The van der Waals surface area contributed by atoms with Gasteiger partial charge in [0.1, 0.15) is 0 Å². The Kier molecular flexibility index (Phi) is 4.95. The first kappa shape index (κ1) is 15.2. The normalized spacial score (nSPS) is 10.4. The van der Waals surface area contributed by atoms with Gasteiger partial charge in [0.15, 0.2) is 0 Å². The molecule has 0 aliphatic carbocycles. The van der Waals surface area contributed by atoms with E-state index in [9.17, 15) is 0 Å². The van der Waals surface area contributed by atoms with Crippen LogP contribution in [0.3, 0.4) is 0 Å². The second kappa shape index (κ2) is 7.50. The van der Waals surface area contributed by atoms with E-state index >= 15 is 0 Å². The van der Waals surface area contributed by atoms with Crippen LogP contribution in [-0.4, -0.2) is 6.54 Å². The number of nitrogen functional groups attached to an aromatic ring is 1. The predicted octanol–water partition coefficient (Wildman–Crippen LogP) is 4.52. The zero-order valence-electron chi connectivity index (χ0n) is 13.2. The lowest BCUT2D eigenvalue weighted by atomic mass is 10.1. The second-order valence-electron chi connectivity index (χ2n) is 5.69. The molecule has 0 atom stereocenters. The highest BCUT2D eigenvalue weighted by Crippen LogP contribution is 2.20. The van der Waals surface area contributed by atoms with Gasteiger partial charge in [0.25, 0.3) is 0 Å². The van der Waals surface area contributed by atoms with Crippen molar-refractivity contribution >= 4 is 11.4 Å². The van der Waals surface area contributed by atoms with Crippen LogP contribution in [0.25, 0.3) is 0 Å². The molecule has 0 bridgehead atoms. The average Bonchev–Trinajstić information content (AvgIpc) is 2.62. The Labute approximate surface area is 138 Å². The zero-order chi connectivity index (χ0) is 15.9. The fourth-order valence-corrected chi connectivity index (χ4v) is 2.73. The molecule has 3 aromatic rings. The number of rotatable bonds is 6. The molecule has 3 rings (SSSR count). The molecule has 0 radical (unpaired) electrons. The minimum Gasteiger partial charge on any atom is -0.398 e. The van der Waals surface area contributed by atoms with Crippen molar-refractivity contribution in [3.05, 3.63) is 96.1 Å². The second-order valence-corrected chi connectivity index (χ2v) is 5.69. The van der Waals surface area contributed by atoms with Crippen molar-refractivity contribution in [3.8, 4) is 0 Å². The summed E-state index contributed by atoms with van der Waals surface area (Å²) < 4.78 is 0. The van der Waals surface area contributed by atoms with E-state index in [2.05, 4.69) is 71.6 Å². The molecule has 2 heteroatoms. The van der Waals surface area contributed by atoms with Gasteiger partial charge in [-0.15, -0.1) is 0 Å². The first-order valence-corrected chi connectivity index (χ1v) is 8.00. The maximum atomic E-state index is 6.13. The Bertz CT molecular complexity index is 723. The highest BCUT2D eigenvalue weighted by atomic mass is 15.1. The van der Waals surface area contributed by atoms with Crippen molar-refractivity contribution in [1.82, 2.24) is 0 Å². The molecule has 23 heavy (non-hydrogen) atoms. The van der Waals surface area contributed by atoms with E-state index in [0.717, 1.165) is 25.2 Å². The van der Waals surface area contributed by atoms with Crippen LogP contribution in [0, 0.1) is 0 Å². The lowest BCUT2D eigenvalue weighted by Crippen LogP contribution is -2.25. The number of nitrogens with zero attached hydrogens (tertiary/aromatic N) is 1. The largest absolute Gasteiger partial charge is 0.398 e. The third-order valence-corrected chi connectivity index (χ3v) is 4.05. The number of nitrogens with two attached hydrogens (primary N) is 1. The monoisotopic (exact) mass is 302 g/mol. The molecule has 2 nitrogen and oxygen atoms in total. The van der Waals surface area contributed by atoms with Crippen LogP contribution in [0.4, 0.5) is 11.4 Å². The molecule has 2 N–H and O–H groups in total. The van der Waals surface area contributed by atoms with Crippen LogP contribution < -0.4 is 10.6 Å². The SMILES string of the molecule is Nc1ccccc1CN(CCc1ccccc1)c1ccccc1. The van der Waals surface area contributed by atoms with Gasteiger partial charge in [0.05, 0.1) is 0 Å². The molecule has 0 fully saturated rings. The molecule has 0 aliphatic rings. The number of anilines is 2. The third-order valence-electron chi connectivity index (χ3n) is 4.05. The van der Waals surface area contributed by atoms with Crippen LogP contribution in [0.5, 0.6) is 0 Å². The quantitative estimate of drug-likeness (QED) is 0.678. The summed E-state index contributed by atoms with van der Waals surface area (Å²) in [4.78, 5) is 2.39. The molecule has 0 saturated carbocycles. The van der Waals surface area contributed by atoms with Gasteiger partial charge in [-0.3, -0.25) is 0 Å². The molecule has 0 saturated heterocycles. The van der Waals surface area contributed by atoms with Gasteiger partial charge < -0.3 is 10.6 Å². The number of benzene rings is 3. The Morgan fingerprint density at radius 2 is 1.30 bits per heavy atom. The summed E-state index contributed by atoms with van der Waals surface area (Å²) in [6, 6.07) is 29.2. The van der Waals surface area contributed by atoms with Crippen molar-refractivity contribution in [2.45, 2.75) is 13.0 Å². The Morgan fingerprint density at radius 3 is 2.00 bits per heavy atom. The maximum Gasteiger partial charge on any atom is 0.0449 e. The fourth-order valence-electron chi connectivity index (χ4n) is 2.73. The molecule has 0 aliphatic heterocycles. The number of hydrogen-bond acceptors (Lipinski definition) is 2. The molecule has 0 aromatic heterocycles. The van der Waals surface area contributed by atoms with E-state index < -0.39 is 0 Å². The summed E-state index contributed by atoms with van der Waals surface area (Å²) in [5, 5.41) is 0. The fraction of sp³-hybridized carbons (Fsp3) is 0.143. The molecule has 0 spiro atoms. The minimum atomic E-state index is 0.823. The van der Waals surface area contributed by atoms with Crippen LogP contribution in [0.15, 0.2) is 84.9 Å². The topological polar surface area (TPSA) is 29.3 Å². The van der Waals surface area contributed by atoms with Gasteiger partial charge in [-0.05, 0) is 35.7 Å². The minimum absolute atomic E-state index is 0.823. The predicted molar refractivity (Wildman–Crippen MR) is 98.5 cm³/mol. The summed E-state index contributed by atoms with van der Waals surface area (Å²) >= 11 is 0. The first-order chi connectivity index (χ1) is 11.3. The molecule has 0 heterocycles. The van der Waals surface area contributed by atoms with E-state index in [1.54, 1.807) is 0 Å². The van der Waals surface area contributed by atoms with Gasteiger partial charge >= 0.3 is 0 Å². The van der Waals surface area contributed by atoms with Crippen LogP contribution in [0.1, 0.15) is 11.1 Å². The lowest BCUT2D eigenvalue weighted by Gasteiger charge is -2.25. The lowest BCUT2D eigenvalue weighted by molar-refractivity contribution is 0.783. The van der Waals surface area contributed by atoms with Crippen molar-refractivity contribution in [1.29, 1.82) is 0 Å². The van der Waals surface area contributed by atoms with Crippen molar-refractivity contribution in [3.63, 3.8) is 0 Å². The summed E-state index contributed by atoms with van der Waals surface area (Å²) in [6.07, 6.45) is 1.02. The van der Waals surface area contributed by atoms with Gasteiger partial charge in [0, 0.05) is 24.5 Å². The first-order valence-electron chi connectivity index (χ1n) is 8.00. The van der Waals surface area contributed by atoms with Gasteiger partial charge in [-0.1, -0.05) is 66.7 Å². The van der Waals surface area contributed by atoms with Gasteiger partial charge in [0.2, 0.25) is 0 Å². The summed E-state index contributed by atoms with van der Waals surface area (Å²) in [5.41, 5.74) is 10.7. The highest BCUT2D eigenvalue weighted by Gasteiger charge is 2.09. The van der Waals surface area contributed by atoms with Gasteiger partial charge in [-0.2, -0.15) is 0 Å². The van der Waals surface area contributed by atoms with E-state index in [1.807, 2.05) is 18.2 Å².